The molecule has 23 heavy (non-hydrogen) atoms. The zero-order chi connectivity index (χ0) is 16.3. The Morgan fingerprint density at radius 2 is 2.13 bits per heavy atom. The minimum absolute atomic E-state index is 0. The molecule has 2 amide bonds. The van der Waals surface area contributed by atoms with Gasteiger partial charge in [0.15, 0.2) is 0 Å². The minimum atomic E-state index is -0.626. The van der Waals surface area contributed by atoms with E-state index in [0.29, 0.717) is 30.6 Å². The van der Waals surface area contributed by atoms with Crippen molar-refractivity contribution >= 4 is 47.4 Å². The van der Waals surface area contributed by atoms with Gasteiger partial charge < -0.3 is 16.0 Å². The van der Waals surface area contributed by atoms with Gasteiger partial charge in [-0.05, 0) is 37.9 Å². The Morgan fingerprint density at radius 3 is 2.74 bits per heavy atom. The highest BCUT2D eigenvalue weighted by Gasteiger charge is 2.29. The van der Waals surface area contributed by atoms with Crippen LogP contribution in [-0.4, -0.2) is 42.4 Å². The molecule has 1 fully saturated rings. The molecule has 0 bridgehead atoms. The number of benzene rings is 1. The van der Waals surface area contributed by atoms with E-state index in [4.69, 9.17) is 28.9 Å². The second-order valence-electron chi connectivity index (χ2n) is 5.47. The predicted octanol–water partition coefficient (Wildman–Crippen LogP) is 2.34. The van der Waals surface area contributed by atoms with Crippen molar-refractivity contribution in [1.29, 1.82) is 0 Å². The van der Waals surface area contributed by atoms with Gasteiger partial charge in [0.1, 0.15) is 6.04 Å². The molecule has 2 atom stereocenters. The Labute approximate surface area is 151 Å². The van der Waals surface area contributed by atoms with Gasteiger partial charge in [-0.2, -0.15) is 0 Å². The Balaban J connectivity index is 0.00000264. The fraction of sp³-hybridized carbons (Fsp3) is 0.467. The Hall–Kier alpha value is -1.01. The Kier molecular flexibility index (Phi) is 7.61. The number of halogens is 3. The van der Waals surface area contributed by atoms with E-state index < -0.39 is 11.9 Å². The number of likely N-dealkylation sites (tertiary alicyclic amines) is 1. The van der Waals surface area contributed by atoms with Crippen LogP contribution in [0.25, 0.3) is 0 Å². The maximum Gasteiger partial charge on any atom is 0.253 e. The largest absolute Gasteiger partial charge is 0.341 e. The zero-order valence-electron chi connectivity index (χ0n) is 12.7. The third-order valence-corrected chi connectivity index (χ3v) is 4.66. The van der Waals surface area contributed by atoms with E-state index in [2.05, 4.69) is 5.32 Å². The third kappa shape index (κ3) is 4.73. The first-order valence-corrected chi connectivity index (χ1v) is 7.93. The van der Waals surface area contributed by atoms with Gasteiger partial charge in [0.25, 0.3) is 5.91 Å². The van der Waals surface area contributed by atoms with Crippen LogP contribution < -0.4 is 11.1 Å². The van der Waals surface area contributed by atoms with Gasteiger partial charge in [-0.1, -0.05) is 29.3 Å². The van der Waals surface area contributed by atoms with E-state index in [1.54, 1.807) is 30.0 Å². The molecule has 0 aromatic heterocycles. The topological polar surface area (TPSA) is 75.4 Å². The van der Waals surface area contributed by atoms with Crippen LogP contribution in [0, 0.1) is 5.92 Å². The molecule has 1 aromatic rings. The van der Waals surface area contributed by atoms with Crippen LogP contribution in [0.5, 0.6) is 0 Å². The van der Waals surface area contributed by atoms with Crippen LogP contribution in [0.15, 0.2) is 18.2 Å². The fourth-order valence-electron chi connectivity index (χ4n) is 2.51. The number of carbonyl (C=O) groups is 2. The highest BCUT2D eigenvalue weighted by Crippen LogP contribution is 2.25. The van der Waals surface area contributed by atoms with Crippen LogP contribution in [0.4, 0.5) is 0 Å². The predicted molar refractivity (Wildman–Crippen MR) is 94.4 cm³/mol. The van der Waals surface area contributed by atoms with E-state index in [1.165, 1.54) is 0 Å². The lowest BCUT2D eigenvalue weighted by atomic mass is 10.1. The van der Waals surface area contributed by atoms with E-state index >= 15 is 0 Å². The van der Waals surface area contributed by atoms with E-state index in [0.717, 1.165) is 6.42 Å². The summed E-state index contributed by atoms with van der Waals surface area (Å²) in [7, 11) is 0. The maximum atomic E-state index is 12.3. The number of hydrogen-bond donors (Lipinski definition) is 2. The van der Waals surface area contributed by atoms with Crippen LogP contribution in [-0.2, 0) is 4.79 Å². The van der Waals surface area contributed by atoms with Crippen LogP contribution in [0.3, 0.4) is 0 Å². The molecule has 1 aliphatic rings. The fourth-order valence-corrected chi connectivity index (χ4v) is 2.90. The smallest absolute Gasteiger partial charge is 0.253 e. The minimum Gasteiger partial charge on any atom is -0.341 e. The lowest BCUT2D eigenvalue weighted by molar-refractivity contribution is -0.131. The van der Waals surface area contributed by atoms with Crippen LogP contribution in [0.1, 0.15) is 23.7 Å². The number of hydrogen-bond acceptors (Lipinski definition) is 3. The molecule has 2 unspecified atom stereocenters. The van der Waals surface area contributed by atoms with Crippen molar-refractivity contribution < 1.29 is 9.59 Å². The first-order chi connectivity index (χ1) is 10.4. The number of rotatable bonds is 4. The Morgan fingerprint density at radius 1 is 1.43 bits per heavy atom. The van der Waals surface area contributed by atoms with Gasteiger partial charge in [-0.15, -0.1) is 12.4 Å². The molecule has 0 saturated carbocycles. The maximum absolute atomic E-state index is 12.3. The van der Waals surface area contributed by atoms with Crippen molar-refractivity contribution in [2.24, 2.45) is 11.7 Å². The summed E-state index contributed by atoms with van der Waals surface area (Å²) in [5.74, 6) is -0.181. The summed E-state index contributed by atoms with van der Waals surface area (Å²) in [4.78, 5) is 26.3. The van der Waals surface area contributed by atoms with E-state index in [1.807, 2.05) is 0 Å². The van der Waals surface area contributed by atoms with Crippen molar-refractivity contribution in [2.45, 2.75) is 19.4 Å². The average molecular weight is 381 g/mol. The molecule has 1 aliphatic heterocycles. The van der Waals surface area contributed by atoms with Crippen molar-refractivity contribution in [1.82, 2.24) is 10.2 Å². The molecule has 0 aliphatic carbocycles. The van der Waals surface area contributed by atoms with Gasteiger partial charge in [0.2, 0.25) is 5.91 Å². The Bertz CT molecular complexity index is 583. The van der Waals surface area contributed by atoms with E-state index in [9.17, 15) is 9.59 Å². The highest BCUT2D eigenvalue weighted by atomic mass is 35.5. The summed E-state index contributed by atoms with van der Waals surface area (Å²) < 4.78 is 0. The summed E-state index contributed by atoms with van der Waals surface area (Å²) in [5, 5.41) is 3.16. The summed E-state index contributed by atoms with van der Waals surface area (Å²) in [6.07, 6.45) is 0.906. The standard InChI is InChI=1S/C15H19Cl2N3O2.ClH/c1-9(15(22)20-6-5-10(7-18)8-20)19-14(21)11-3-2-4-12(16)13(11)17;/h2-4,9-10H,5-8,18H2,1H3,(H,19,21);1H. The molecule has 0 spiro atoms. The molecule has 8 heteroatoms. The number of nitrogens with two attached hydrogens (primary N) is 1. The van der Waals surface area contributed by atoms with Gasteiger partial charge in [0, 0.05) is 13.1 Å². The molecule has 128 valence electrons. The van der Waals surface area contributed by atoms with Crippen molar-refractivity contribution in [2.75, 3.05) is 19.6 Å². The second kappa shape index (κ2) is 8.73. The molecular weight excluding hydrogens is 361 g/mol. The zero-order valence-corrected chi connectivity index (χ0v) is 15.0. The number of nitrogens with zero attached hydrogens (tertiary/aromatic N) is 1. The molecule has 3 N–H and O–H groups in total. The summed E-state index contributed by atoms with van der Waals surface area (Å²) in [6, 6.07) is 4.19. The lowest BCUT2D eigenvalue weighted by Gasteiger charge is -2.22. The highest BCUT2D eigenvalue weighted by molar-refractivity contribution is 6.43. The first-order valence-electron chi connectivity index (χ1n) is 7.17. The van der Waals surface area contributed by atoms with Crippen molar-refractivity contribution in [3.63, 3.8) is 0 Å². The summed E-state index contributed by atoms with van der Waals surface area (Å²) >= 11 is 11.9. The van der Waals surface area contributed by atoms with Gasteiger partial charge in [-0.25, -0.2) is 0 Å². The van der Waals surface area contributed by atoms with Gasteiger partial charge in [-0.3, -0.25) is 9.59 Å². The average Bonchev–Trinajstić information content (AvgIpc) is 2.98. The summed E-state index contributed by atoms with van der Waals surface area (Å²) in [5.41, 5.74) is 5.88. The number of nitrogens with one attached hydrogen (secondary N) is 1. The first kappa shape index (κ1) is 20.0. The summed E-state index contributed by atoms with van der Waals surface area (Å²) in [6.45, 7) is 3.56. The molecule has 2 rings (SSSR count). The molecule has 1 saturated heterocycles. The molecule has 5 nitrogen and oxygen atoms in total. The third-order valence-electron chi connectivity index (χ3n) is 3.85. The van der Waals surface area contributed by atoms with Gasteiger partial charge >= 0.3 is 0 Å². The van der Waals surface area contributed by atoms with Crippen LogP contribution in [0.2, 0.25) is 10.0 Å². The number of carbonyl (C=O) groups excluding carboxylic acids is 2. The number of amides is 2. The quantitative estimate of drug-likeness (QED) is 0.842. The van der Waals surface area contributed by atoms with Crippen molar-refractivity contribution in [3.05, 3.63) is 33.8 Å². The van der Waals surface area contributed by atoms with Crippen molar-refractivity contribution in [3.8, 4) is 0 Å². The molecule has 0 radical (unpaired) electrons. The molecular formula is C15H20Cl3N3O2. The second-order valence-corrected chi connectivity index (χ2v) is 6.26. The lowest BCUT2D eigenvalue weighted by Crippen LogP contribution is -2.46. The SMILES string of the molecule is CC(NC(=O)c1cccc(Cl)c1Cl)C(=O)N1CCC(CN)C1.Cl. The normalized spacial score (nSPS) is 18.3. The van der Waals surface area contributed by atoms with E-state index in [-0.39, 0.29) is 28.9 Å². The monoisotopic (exact) mass is 379 g/mol. The van der Waals surface area contributed by atoms with Crippen LogP contribution >= 0.6 is 35.6 Å². The molecule has 1 aromatic carbocycles. The van der Waals surface area contributed by atoms with Gasteiger partial charge in [0.05, 0.1) is 15.6 Å². The molecule has 1 heterocycles.